The lowest BCUT2D eigenvalue weighted by atomic mass is 10.0. The number of nitrogens with zero attached hydrogens (tertiary/aromatic N) is 3. The van der Waals surface area contributed by atoms with Gasteiger partial charge >= 0.3 is 0 Å². The highest BCUT2D eigenvalue weighted by Gasteiger charge is 2.18. The third kappa shape index (κ3) is 4.62. The van der Waals surface area contributed by atoms with Crippen molar-refractivity contribution in [2.24, 2.45) is 0 Å². The molecule has 2 aromatic heterocycles. The Morgan fingerprint density at radius 1 is 1.03 bits per heavy atom. The number of carbonyl (C=O) groups excluding carboxylic acids is 1. The van der Waals surface area contributed by atoms with E-state index in [2.05, 4.69) is 10.3 Å². The average molecular weight is 457 g/mol. The van der Waals surface area contributed by atoms with Crippen LogP contribution in [0, 0.1) is 0 Å². The summed E-state index contributed by atoms with van der Waals surface area (Å²) in [5, 5.41) is 14.1. The van der Waals surface area contributed by atoms with E-state index in [1.54, 1.807) is 36.1 Å². The summed E-state index contributed by atoms with van der Waals surface area (Å²) < 4.78 is 1.78. The summed E-state index contributed by atoms with van der Waals surface area (Å²) in [4.78, 5) is 30.2. The van der Waals surface area contributed by atoms with Gasteiger partial charge in [-0.25, -0.2) is 4.98 Å². The highest BCUT2D eigenvalue weighted by atomic mass is 16.5. The summed E-state index contributed by atoms with van der Waals surface area (Å²) in [5.41, 5.74) is 3.99. The summed E-state index contributed by atoms with van der Waals surface area (Å²) in [6.45, 7) is 5.64. The molecule has 0 saturated carbocycles. The van der Waals surface area contributed by atoms with Crippen molar-refractivity contribution in [3.8, 4) is 16.8 Å². The molecule has 0 radical (unpaired) electrons. The van der Waals surface area contributed by atoms with E-state index in [-0.39, 0.29) is 23.1 Å². The molecule has 4 aromatic rings. The number of hydroxylamine groups is 2. The Bertz CT molecular complexity index is 1390. The molecule has 0 spiro atoms. The van der Waals surface area contributed by atoms with Crippen LogP contribution in [0.1, 0.15) is 42.7 Å². The molecule has 0 aliphatic rings. The predicted molar refractivity (Wildman–Crippen MR) is 133 cm³/mol. The number of fused-ring (bicyclic) bond motifs is 1. The van der Waals surface area contributed by atoms with Gasteiger partial charge in [-0.15, -0.1) is 0 Å². The Kier molecular flexibility index (Phi) is 6.58. The van der Waals surface area contributed by atoms with Crippen LogP contribution in [0.2, 0.25) is 0 Å². The fourth-order valence-electron chi connectivity index (χ4n) is 3.86. The van der Waals surface area contributed by atoms with Crippen LogP contribution in [-0.2, 0) is 0 Å². The van der Waals surface area contributed by atoms with Crippen LogP contribution >= 0.6 is 0 Å². The predicted octanol–water partition coefficient (Wildman–Crippen LogP) is 4.57. The molecule has 0 saturated heterocycles. The van der Waals surface area contributed by atoms with Crippen LogP contribution in [0.5, 0.6) is 0 Å². The van der Waals surface area contributed by atoms with E-state index in [1.165, 1.54) is 5.06 Å². The van der Waals surface area contributed by atoms with E-state index in [4.69, 9.17) is 0 Å². The quantitative estimate of drug-likeness (QED) is 0.415. The molecule has 2 heterocycles. The van der Waals surface area contributed by atoms with Crippen molar-refractivity contribution < 1.29 is 10.0 Å². The van der Waals surface area contributed by atoms with Crippen molar-refractivity contribution in [1.82, 2.24) is 19.9 Å². The van der Waals surface area contributed by atoms with E-state index < -0.39 is 5.91 Å². The second kappa shape index (κ2) is 9.59. The first-order chi connectivity index (χ1) is 16.3. The zero-order valence-corrected chi connectivity index (χ0v) is 19.7. The summed E-state index contributed by atoms with van der Waals surface area (Å²) in [6.07, 6.45) is 3.20. The maximum atomic E-state index is 13.0. The van der Waals surface area contributed by atoms with E-state index in [0.717, 1.165) is 22.4 Å². The largest absolute Gasteiger partial charge is 0.350 e. The Morgan fingerprint density at radius 2 is 1.76 bits per heavy atom. The minimum absolute atomic E-state index is 0.0751. The molecule has 7 heteroatoms. The Balaban J connectivity index is 1.81. The molecule has 7 nitrogen and oxygen atoms in total. The van der Waals surface area contributed by atoms with Gasteiger partial charge in [-0.1, -0.05) is 36.4 Å². The molecule has 1 amide bonds. The molecule has 34 heavy (non-hydrogen) atoms. The maximum absolute atomic E-state index is 13.0. The number of amides is 1. The lowest BCUT2D eigenvalue weighted by molar-refractivity contribution is -0.0984. The molecule has 0 fully saturated rings. The lowest BCUT2D eigenvalue weighted by Gasteiger charge is -2.18. The van der Waals surface area contributed by atoms with Crippen LogP contribution in [0.15, 0.2) is 77.9 Å². The second-order valence-corrected chi connectivity index (χ2v) is 8.67. The minimum atomic E-state index is -0.408. The second-order valence-electron chi connectivity index (χ2n) is 8.67. The molecular formula is C27H28N4O3. The van der Waals surface area contributed by atoms with Crippen molar-refractivity contribution in [3.05, 3.63) is 94.4 Å². The highest BCUT2D eigenvalue weighted by molar-refractivity contribution is 5.97. The molecule has 1 atom stereocenters. The first-order valence-corrected chi connectivity index (χ1v) is 11.2. The van der Waals surface area contributed by atoms with Crippen LogP contribution in [0.25, 0.3) is 27.8 Å². The zero-order chi connectivity index (χ0) is 24.4. The monoisotopic (exact) mass is 456 g/mol. The van der Waals surface area contributed by atoms with Gasteiger partial charge in [0, 0.05) is 31.2 Å². The van der Waals surface area contributed by atoms with Gasteiger partial charge in [0.05, 0.1) is 11.4 Å². The van der Waals surface area contributed by atoms with Gasteiger partial charge in [0.1, 0.15) is 11.2 Å². The third-order valence-corrected chi connectivity index (χ3v) is 5.84. The van der Waals surface area contributed by atoms with Crippen LogP contribution in [-0.4, -0.2) is 38.8 Å². The normalized spacial score (nSPS) is 12.3. The first kappa shape index (κ1) is 23.4. The van der Waals surface area contributed by atoms with Crippen molar-refractivity contribution >= 4 is 16.9 Å². The Hall–Kier alpha value is -3.81. The van der Waals surface area contributed by atoms with Gasteiger partial charge in [0.25, 0.3) is 5.91 Å². The van der Waals surface area contributed by atoms with Gasteiger partial charge in [-0.2, -0.15) is 5.06 Å². The molecule has 1 unspecified atom stereocenters. The van der Waals surface area contributed by atoms with Gasteiger partial charge in [-0.3, -0.25) is 9.59 Å². The zero-order valence-electron chi connectivity index (χ0n) is 19.7. The first-order valence-electron chi connectivity index (χ1n) is 11.2. The molecule has 0 aliphatic heterocycles. The minimum Gasteiger partial charge on any atom is -0.350 e. The Labute approximate surface area is 198 Å². The summed E-state index contributed by atoms with van der Waals surface area (Å²) in [7, 11) is 1.63. The Morgan fingerprint density at radius 3 is 2.44 bits per heavy atom. The molecule has 174 valence electrons. The smallest absolute Gasteiger partial charge is 0.256 e. The van der Waals surface area contributed by atoms with Crippen molar-refractivity contribution in [3.63, 3.8) is 0 Å². The van der Waals surface area contributed by atoms with Crippen molar-refractivity contribution in [2.75, 3.05) is 7.05 Å². The number of rotatable bonds is 6. The number of hydrogen-bond donors (Lipinski definition) is 2. The molecule has 0 aliphatic carbocycles. The fraction of sp³-hybridized carbons (Fsp3) is 0.222. The highest BCUT2D eigenvalue weighted by Crippen LogP contribution is 2.26. The number of nitrogens with one attached hydrogen (secondary N) is 1. The fourth-order valence-corrected chi connectivity index (χ4v) is 3.86. The van der Waals surface area contributed by atoms with Gasteiger partial charge in [-0.05, 0) is 61.7 Å². The standard InChI is InChI=1S/C27H28N4O3/c1-17(2)29-27(33)24-16-31(26-23(25(24)32)9-6-14-28-26)22-8-5-7-21(15-22)20-12-10-19(11-13-20)18(3)30(4)34/h5-18,34H,1-4H3,(H,29,33). The number of aromatic nitrogens is 2. The summed E-state index contributed by atoms with van der Waals surface area (Å²) in [5.74, 6) is -0.408. The topological polar surface area (TPSA) is 87.5 Å². The van der Waals surface area contributed by atoms with E-state index in [0.29, 0.717) is 11.0 Å². The van der Waals surface area contributed by atoms with E-state index in [1.807, 2.05) is 69.3 Å². The number of benzene rings is 2. The number of carbonyl (C=O) groups is 1. The molecule has 2 N–H and O–H groups in total. The van der Waals surface area contributed by atoms with Gasteiger partial charge < -0.3 is 15.1 Å². The molecule has 2 aromatic carbocycles. The van der Waals surface area contributed by atoms with E-state index >= 15 is 0 Å². The summed E-state index contributed by atoms with van der Waals surface area (Å²) in [6, 6.07) is 19.0. The van der Waals surface area contributed by atoms with E-state index in [9.17, 15) is 14.8 Å². The third-order valence-electron chi connectivity index (χ3n) is 5.84. The molecule has 4 rings (SSSR count). The number of hydrogen-bond acceptors (Lipinski definition) is 5. The molecule has 0 bridgehead atoms. The maximum Gasteiger partial charge on any atom is 0.256 e. The van der Waals surface area contributed by atoms with Gasteiger partial charge in [0.15, 0.2) is 0 Å². The summed E-state index contributed by atoms with van der Waals surface area (Å²) >= 11 is 0. The van der Waals surface area contributed by atoms with Crippen LogP contribution in [0.4, 0.5) is 0 Å². The average Bonchev–Trinajstić information content (AvgIpc) is 2.83. The van der Waals surface area contributed by atoms with Crippen molar-refractivity contribution in [2.45, 2.75) is 32.9 Å². The molecular weight excluding hydrogens is 428 g/mol. The van der Waals surface area contributed by atoms with Gasteiger partial charge in [0.2, 0.25) is 5.43 Å². The SMILES string of the molecule is CC(C)NC(=O)c1cn(-c2cccc(-c3ccc(C(C)N(C)O)cc3)c2)c2ncccc2c1=O. The van der Waals surface area contributed by atoms with Crippen LogP contribution < -0.4 is 10.7 Å². The lowest BCUT2D eigenvalue weighted by Crippen LogP contribution is -2.34. The van der Waals surface area contributed by atoms with Crippen molar-refractivity contribution in [1.29, 1.82) is 0 Å². The number of pyridine rings is 2. The van der Waals surface area contributed by atoms with Crippen LogP contribution in [0.3, 0.4) is 0 Å².